The molecule has 0 atom stereocenters. The summed E-state index contributed by atoms with van der Waals surface area (Å²) in [5, 5.41) is 6.15. The Bertz CT molecular complexity index is 659. The minimum absolute atomic E-state index is 0.0905. The predicted molar refractivity (Wildman–Crippen MR) is 94.7 cm³/mol. The number of para-hydroxylation sites is 1. The molecule has 0 bridgehead atoms. The van der Waals surface area contributed by atoms with Crippen molar-refractivity contribution in [3.63, 3.8) is 0 Å². The lowest BCUT2D eigenvalue weighted by Gasteiger charge is -2.06. The van der Waals surface area contributed by atoms with E-state index in [4.69, 9.17) is 0 Å². The number of benzene rings is 1. The third kappa shape index (κ3) is 5.98. The van der Waals surface area contributed by atoms with E-state index in [9.17, 15) is 9.59 Å². The first-order valence-corrected chi connectivity index (χ1v) is 8.54. The molecule has 1 heterocycles. The van der Waals surface area contributed by atoms with Crippen LogP contribution in [0.3, 0.4) is 0 Å². The molecule has 0 unspecified atom stereocenters. The number of rotatable bonds is 9. The van der Waals surface area contributed by atoms with Crippen LogP contribution >= 0.6 is 11.3 Å². The van der Waals surface area contributed by atoms with Crippen LogP contribution in [0.2, 0.25) is 0 Å². The van der Waals surface area contributed by atoms with Crippen LogP contribution in [0.5, 0.6) is 0 Å². The van der Waals surface area contributed by atoms with Crippen molar-refractivity contribution in [2.45, 2.75) is 19.9 Å². The third-order valence-electron chi connectivity index (χ3n) is 3.00. The third-order valence-corrected chi connectivity index (χ3v) is 4.00. The Labute approximate surface area is 144 Å². The molecule has 128 valence electrons. The number of nitrogens with one attached hydrogen (secondary N) is 4. The van der Waals surface area contributed by atoms with Gasteiger partial charge in [0, 0.05) is 23.3 Å². The van der Waals surface area contributed by atoms with Gasteiger partial charge >= 0.3 is 0 Å². The number of carbonyl (C=O) groups is 2. The van der Waals surface area contributed by atoms with E-state index in [1.807, 2.05) is 37.3 Å². The number of amides is 2. The van der Waals surface area contributed by atoms with Gasteiger partial charge in [0.1, 0.15) is 0 Å². The summed E-state index contributed by atoms with van der Waals surface area (Å²) in [6, 6.07) is 9.80. The Hall–Kier alpha value is -2.45. The van der Waals surface area contributed by atoms with E-state index in [1.54, 1.807) is 6.20 Å². The Morgan fingerprint density at radius 1 is 1.21 bits per heavy atom. The van der Waals surface area contributed by atoms with Crippen molar-refractivity contribution < 1.29 is 9.59 Å². The van der Waals surface area contributed by atoms with Crippen molar-refractivity contribution in [1.29, 1.82) is 0 Å². The summed E-state index contributed by atoms with van der Waals surface area (Å²) in [5.74, 6) is -0.643. The molecule has 0 radical (unpaired) electrons. The van der Waals surface area contributed by atoms with Crippen LogP contribution in [0.4, 0.5) is 5.69 Å². The molecular formula is C16H21N5O2S. The van der Waals surface area contributed by atoms with Crippen LogP contribution in [-0.4, -0.2) is 29.9 Å². The second-order valence-electron chi connectivity index (χ2n) is 5.01. The van der Waals surface area contributed by atoms with Crippen molar-refractivity contribution in [1.82, 2.24) is 21.2 Å². The van der Waals surface area contributed by atoms with Gasteiger partial charge < -0.3 is 10.6 Å². The monoisotopic (exact) mass is 347 g/mol. The van der Waals surface area contributed by atoms with Crippen LogP contribution in [0.15, 0.2) is 36.5 Å². The number of hydrogen-bond acceptors (Lipinski definition) is 6. The van der Waals surface area contributed by atoms with Gasteiger partial charge in [-0.05, 0) is 18.6 Å². The molecule has 7 nitrogen and oxygen atoms in total. The predicted octanol–water partition coefficient (Wildman–Crippen LogP) is 1.52. The molecule has 0 spiro atoms. The van der Waals surface area contributed by atoms with Crippen molar-refractivity contribution in [2.24, 2.45) is 0 Å². The zero-order valence-electron chi connectivity index (χ0n) is 13.5. The molecule has 2 amide bonds. The van der Waals surface area contributed by atoms with Crippen molar-refractivity contribution >= 4 is 28.8 Å². The first-order valence-electron chi connectivity index (χ1n) is 7.72. The van der Waals surface area contributed by atoms with Gasteiger partial charge in [-0.25, -0.2) is 10.4 Å². The molecule has 2 rings (SSSR count). The van der Waals surface area contributed by atoms with Crippen molar-refractivity contribution in [2.75, 3.05) is 18.4 Å². The van der Waals surface area contributed by atoms with E-state index in [2.05, 4.69) is 26.5 Å². The van der Waals surface area contributed by atoms with Gasteiger partial charge in [-0.1, -0.05) is 25.1 Å². The van der Waals surface area contributed by atoms with E-state index in [0.29, 0.717) is 18.1 Å². The molecule has 0 aliphatic heterocycles. The summed E-state index contributed by atoms with van der Waals surface area (Å²) in [6.07, 6.45) is 2.57. The highest BCUT2D eigenvalue weighted by molar-refractivity contribution is 7.13. The largest absolute Gasteiger partial charge is 0.380 e. The molecule has 1 aromatic heterocycles. The Kier molecular flexibility index (Phi) is 7.19. The van der Waals surface area contributed by atoms with Crippen LogP contribution in [-0.2, 0) is 11.3 Å². The molecular weight excluding hydrogens is 326 g/mol. The molecule has 8 heteroatoms. The summed E-state index contributed by atoms with van der Waals surface area (Å²) in [6.45, 7) is 3.18. The lowest BCUT2D eigenvalue weighted by Crippen LogP contribution is -2.44. The van der Waals surface area contributed by atoms with Crippen LogP contribution in [0.1, 0.15) is 28.0 Å². The number of carbonyl (C=O) groups excluding carboxylic acids is 2. The number of thiazole rings is 1. The molecule has 0 fully saturated rings. The van der Waals surface area contributed by atoms with E-state index in [-0.39, 0.29) is 18.4 Å². The molecule has 0 aliphatic rings. The number of hydrazine groups is 1. The highest BCUT2D eigenvalue weighted by Crippen LogP contribution is 2.15. The summed E-state index contributed by atoms with van der Waals surface area (Å²) >= 11 is 1.30. The molecule has 4 N–H and O–H groups in total. The maximum atomic E-state index is 12.0. The number of anilines is 1. The highest BCUT2D eigenvalue weighted by atomic mass is 32.1. The summed E-state index contributed by atoms with van der Waals surface area (Å²) in [4.78, 5) is 28.5. The highest BCUT2D eigenvalue weighted by Gasteiger charge is 2.12. The second-order valence-corrected chi connectivity index (χ2v) is 6.12. The van der Waals surface area contributed by atoms with Crippen LogP contribution in [0.25, 0.3) is 0 Å². The number of hydrogen-bond donors (Lipinski definition) is 4. The Morgan fingerprint density at radius 3 is 2.75 bits per heavy atom. The Morgan fingerprint density at radius 2 is 2.00 bits per heavy atom. The zero-order chi connectivity index (χ0) is 17.2. The summed E-state index contributed by atoms with van der Waals surface area (Å²) < 4.78 is 0. The maximum Gasteiger partial charge on any atom is 0.280 e. The Balaban J connectivity index is 1.75. The SMILES string of the molecule is CCCNNC(=O)CNC(=O)c1ncc(CNc2ccccc2)s1. The maximum absolute atomic E-state index is 12.0. The van der Waals surface area contributed by atoms with Gasteiger partial charge in [0.25, 0.3) is 11.8 Å². The molecule has 1 aromatic carbocycles. The normalized spacial score (nSPS) is 10.2. The fourth-order valence-electron chi connectivity index (χ4n) is 1.81. The molecule has 24 heavy (non-hydrogen) atoms. The fourth-order valence-corrected chi connectivity index (χ4v) is 2.57. The zero-order valence-corrected chi connectivity index (χ0v) is 14.3. The van der Waals surface area contributed by atoms with Gasteiger partial charge in [0.15, 0.2) is 5.01 Å². The van der Waals surface area contributed by atoms with Crippen LogP contribution < -0.4 is 21.5 Å². The number of aromatic nitrogens is 1. The van der Waals surface area contributed by atoms with Crippen molar-refractivity contribution in [3.05, 3.63) is 46.4 Å². The minimum atomic E-state index is -0.350. The first-order chi connectivity index (χ1) is 11.7. The molecule has 0 saturated carbocycles. The van der Waals surface area contributed by atoms with E-state index in [0.717, 1.165) is 17.0 Å². The fraction of sp³-hybridized carbons (Fsp3) is 0.312. The molecule has 2 aromatic rings. The summed E-state index contributed by atoms with van der Waals surface area (Å²) in [5.41, 5.74) is 6.27. The van der Waals surface area contributed by atoms with Gasteiger partial charge in [-0.3, -0.25) is 15.0 Å². The second kappa shape index (κ2) is 9.64. The van der Waals surface area contributed by atoms with Gasteiger partial charge in [0.05, 0.1) is 13.1 Å². The van der Waals surface area contributed by atoms with Gasteiger partial charge in [0.2, 0.25) is 0 Å². The van der Waals surface area contributed by atoms with Crippen LogP contribution in [0, 0.1) is 0 Å². The van der Waals surface area contributed by atoms with Gasteiger partial charge in [-0.2, -0.15) is 0 Å². The lowest BCUT2D eigenvalue weighted by molar-refractivity contribution is -0.121. The molecule has 0 aliphatic carbocycles. The number of nitrogens with zero attached hydrogens (tertiary/aromatic N) is 1. The standard InChI is InChI=1S/C16H21N5O2S/c1-2-8-20-21-14(22)11-18-15(23)16-19-10-13(24-16)9-17-12-6-4-3-5-7-12/h3-7,10,17,20H,2,8-9,11H2,1H3,(H,18,23)(H,21,22). The average molecular weight is 347 g/mol. The van der Waals surface area contributed by atoms with E-state index in [1.165, 1.54) is 11.3 Å². The van der Waals surface area contributed by atoms with E-state index < -0.39 is 0 Å². The lowest BCUT2D eigenvalue weighted by atomic mass is 10.3. The topological polar surface area (TPSA) is 95.1 Å². The average Bonchev–Trinajstić information content (AvgIpc) is 3.08. The summed E-state index contributed by atoms with van der Waals surface area (Å²) in [7, 11) is 0. The first kappa shape index (κ1) is 17.9. The smallest absolute Gasteiger partial charge is 0.280 e. The molecule has 0 saturated heterocycles. The van der Waals surface area contributed by atoms with Crippen molar-refractivity contribution in [3.8, 4) is 0 Å². The van der Waals surface area contributed by atoms with Gasteiger partial charge in [-0.15, -0.1) is 11.3 Å². The van der Waals surface area contributed by atoms with E-state index >= 15 is 0 Å². The minimum Gasteiger partial charge on any atom is -0.380 e. The quantitative estimate of drug-likeness (QED) is 0.407.